The van der Waals surface area contributed by atoms with Gasteiger partial charge in [-0.3, -0.25) is 4.79 Å². The van der Waals surface area contributed by atoms with Crippen LogP contribution in [0.3, 0.4) is 0 Å². The largest absolute Gasteiger partial charge is 0.478 e. The number of hydrogen-bond donors (Lipinski definition) is 3. The number of carbonyl (C=O) groups excluding carboxylic acids is 1. The van der Waals surface area contributed by atoms with Gasteiger partial charge in [0.25, 0.3) is 0 Å². The third kappa shape index (κ3) is 4.91. The van der Waals surface area contributed by atoms with Crippen molar-refractivity contribution in [2.24, 2.45) is 39.9 Å². The number of esters is 1. The zero-order chi connectivity index (χ0) is 31.5. The maximum absolute atomic E-state index is 12.8. The number of benzene rings is 1. The van der Waals surface area contributed by atoms with Gasteiger partial charge in [0.1, 0.15) is 6.10 Å². The van der Waals surface area contributed by atoms with Gasteiger partial charge < -0.3 is 20.1 Å². The van der Waals surface area contributed by atoms with Crippen LogP contribution in [0.25, 0.3) is 0 Å². The van der Waals surface area contributed by atoms with Crippen LogP contribution in [-0.2, 0) is 19.9 Å². The van der Waals surface area contributed by atoms with Gasteiger partial charge in [-0.2, -0.15) is 0 Å². The minimum absolute atomic E-state index is 0.0148. The highest BCUT2D eigenvalue weighted by Crippen LogP contribution is 2.75. The monoisotopic (exact) mass is 592 g/mol. The predicted molar refractivity (Wildman–Crippen MR) is 167 cm³/mol. The summed E-state index contributed by atoms with van der Waals surface area (Å²) in [6.07, 6.45) is 6.07. The van der Waals surface area contributed by atoms with E-state index in [0.717, 1.165) is 30.4 Å². The van der Waals surface area contributed by atoms with Gasteiger partial charge in [-0.15, -0.1) is 0 Å². The first-order chi connectivity index (χ1) is 20.1. The molecule has 4 aliphatic carbocycles. The SMILES string of the molecule is CC(=O)O[C@H]1C[C@@]2(C)[C@H](C[C@@H](O)[C@@H]3[C@@]4(C)CC[C@](O)(c5ccccc5)[C@@H](C)C4CC[C@@]32C)C1=C(CCC=C(C)C)C(=O)O. The van der Waals surface area contributed by atoms with Crippen molar-refractivity contribution in [3.8, 4) is 0 Å². The van der Waals surface area contributed by atoms with Gasteiger partial charge in [-0.1, -0.05) is 69.7 Å². The summed E-state index contributed by atoms with van der Waals surface area (Å²) in [7, 11) is 0. The van der Waals surface area contributed by atoms with Crippen molar-refractivity contribution in [1.29, 1.82) is 0 Å². The molecule has 3 N–H and O–H groups in total. The zero-order valence-electron chi connectivity index (χ0n) is 27.2. The van der Waals surface area contributed by atoms with E-state index in [2.05, 4.69) is 33.8 Å². The molecule has 0 bridgehead atoms. The highest BCUT2D eigenvalue weighted by Gasteiger charge is 2.71. The Morgan fingerprint density at radius 1 is 1.02 bits per heavy atom. The summed E-state index contributed by atoms with van der Waals surface area (Å²) in [6, 6.07) is 10.0. The number of fused-ring (bicyclic) bond motifs is 5. The Labute approximate surface area is 257 Å². The third-order valence-electron chi connectivity index (χ3n) is 13.0. The predicted octanol–water partition coefficient (Wildman–Crippen LogP) is 7.19. The summed E-state index contributed by atoms with van der Waals surface area (Å²) >= 11 is 0. The first kappa shape index (κ1) is 32.0. The van der Waals surface area contributed by atoms with Gasteiger partial charge in [0.05, 0.1) is 11.7 Å². The molecule has 6 nitrogen and oxygen atoms in total. The lowest BCUT2D eigenvalue weighted by Gasteiger charge is -2.69. The van der Waals surface area contributed by atoms with Gasteiger partial charge in [0.2, 0.25) is 0 Å². The molecule has 6 heteroatoms. The highest BCUT2D eigenvalue weighted by atomic mass is 16.5. The normalized spacial score (nSPS) is 43.1. The van der Waals surface area contributed by atoms with E-state index in [1.165, 1.54) is 6.92 Å². The Balaban J connectivity index is 1.56. The van der Waals surface area contributed by atoms with E-state index in [9.17, 15) is 24.9 Å². The lowest BCUT2D eigenvalue weighted by atomic mass is 9.35. The molecule has 0 amide bonds. The van der Waals surface area contributed by atoms with Gasteiger partial charge in [0, 0.05) is 12.5 Å². The Morgan fingerprint density at radius 3 is 2.30 bits per heavy atom. The minimum Gasteiger partial charge on any atom is -0.478 e. The maximum atomic E-state index is 12.8. The van der Waals surface area contributed by atoms with Crippen LogP contribution >= 0.6 is 0 Å². The van der Waals surface area contributed by atoms with E-state index in [-0.39, 0.29) is 39.9 Å². The number of aliphatic hydroxyl groups is 2. The van der Waals surface area contributed by atoms with Crippen molar-refractivity contribution >= 4 is 11.9 Å². The molecular weight excluding hydrogens is 540 g/mol. The van der Waals surface area contributed by atoms with E-state index < -0.39 is 29.7 Å². The Hall–Kier alpha value is -2.44. The van der Waals surface area contributed by atoms with Crippen molar-refractivity contribution in [2.45, 2.75) is 118 Å². The van der Waals surface area contributed by atoms with Crippen molar-refractivity contribution in [3.05, 3.63) is 58.7 Å². The van der Waals surface area contributed by atoms with Crippen molar-refractivity contribution in [3.63, 3.8) is 0 Å². The van der Waals surface area contributed by atoms with Crippen LogP contribution in [0.2, 0.25) is 0 Å². The molecule has 0 spiro atoms. The molecule has 5 rings (SSSR count). The van der Waals surface area contributed by atoms with Gasteiger partial charge in [0.15, 0.2) is 0 Å². The molecule has 236 valence electrons. The molecule has 1 unspecified atom stereocenters. The first-order valence-electron chi connectivity index (χ1n) is 16.3. The smallest absolute Gasteiger partial charge is 0.331 e. The van der Waals surface area contributed by atoms with Gasteiger partial charge >= 0.3 is 11.9 Å². The summed E-state index contributed by atoms with van der Waals surface area (Å²) in [4.78, 5) is 25.1. The van der Waals surface area contributed by atoms with E-state index >= 15 is 0 Å². The number of hydrogen-bond acceptors (Lipinski definition) is 5. The van der Waals surface area contributed by atoms with Crippen molar-refractivity contribution in [2.75, 3.05) is 0 Å². The van der Waals surface area contributed by atoms with Gasteiger partial charge in [-0.25, -0.2) is 4.79 Å². The number of carbonyl (C=O) groups is 2. The van der Waals surface area contributed by atoms with Crippen LogP contribution in [0, 0.1) is 39.9 Å². The average molecular weight is 593 g/mol. The second-order valence-corrected chi connectivity index (χ2v) is 15.3. The standard InChI is InChI=1S/C37H52O6/c1-22(2)12-11-15-26(33(40)41)31-28-20-29(39)32-34(5)18-19-37(42,25-13-9-8-10-14-25)23(3)27(34)16-17-35(32,6)36(28,7)21-30(31)43-24(4)38/h8-10,12-14,23,27-30,32,39,42H,11,15-21H2,1-7H3,(H,40,41)/t23-,27?,28+,29+,30-,32+,34-,35-,36-,37+/m0/s1. The third-order valence-corrected chi connectivity index (χ3v) is 13.0. The number of aliphatic carboxylic acids is 1. The average Bonchev–Trinajstić information content (AvgIpc) is 3.20. The molecule has 0 saturated heterocycles. The number of ether oxygens (including phenoxy) is 1. The highest BCUT2D eigenvalue weighted by molar-refractivity contribution is 5.88. The number of aliphatic hydroxyl groups excluding tert-OH is 1. The first-order valence-corrected chi connectivity index (χ1v) is 16.3. The molecule has 0 radical (unpaired) electrons. The fraction of sp³-hybridized carbons (Fsp3) is 0.676. The van der Waals surface area contributed by atoms with Crippen molar-refractivity contribution in [1.82, 2.24) is 0 Å². The molecule has 43 heavy (non-hydrogen) atoms. The lowest BCUT2D eigenvalue weighted by Crippen LogP contribution is -2.66. The molecule has 10 atom stereocenters. The number of carboxylic acid groups (broad SMARTS) is 1. The molecule has 1 aromatic carbocycles. The number of rotatable bonds is 6. The molecule has 1 aromatic rings. The molecule has 4 aliphatic rings. The fourth-order valence-electron chi connectivity index (χ4n) is 10.9. The quantitative estimate of drug-likeness (QED) is 0.183. The van der Waals surface area contributed by atoms with Crippen molar-refractivity contribution < 1.29 is 29.6 Å². The molecular formula is C37H52O6. The molecule has 0 heterocycles. The Bertz CT molecular complexity index is 1310. The van der Waals surface area contributed by atoms with E-state index in [1.54, 1.807) is 0 Å². The second kappa shape index (κ2) is 11.2. The fourth-order valence-corrected chi connectivity index (χ4v) is 10.9. The Kier molecular flexibility index (Phi) is 8.31. The summed E-state index contributed by atoms with van der Waals surface area (Å²) in [6.45, 7) is 14.5. The Morgan fingerprint density at radius 2 is 1.70 bits per heavy atom. The topological polar surface area (TPSA) is 104 Å². The van der Waals surface area contributed by atoms with E-state index in [4.69, 9.17) is 4.74 Å². The minimum atomic E-state index is -0.961. The van der Waals surface area contributed by atoms with Crippen LogP contribution in [-0.4, -0.2) is 39.5 Å². The van der Waals surface area contributed by atoms with Crippen LogP contribution < -0.4 is 0 Å². The van der Waals surface area contributed by atoms with E-state index in [1.807, 2.05) is 44.2 Å². The molecule has 0 aliphatic heterocycles. The number of carboxylic acids is 1. The summed E-state index contributed by atoms with van der Waals surface area (Å²) < 4.78 is 5.93. The van der Waals surface area contributed by atoms with E-state index in [0.29, 0.717) is 43.3 Å². The molecule has 4 fully saturated rings. The lowest BCUT2D eigenvalue weighted by molar-refractivity contribution is -0.248. The zero-order valence-corrected chi connectivity index (χ0v) is 27.2. The summed E-state index contributed by atoms with van der Waals surface area (Å²) in [5.74, 6) is -1.31. The summed E-state index contributed by atoms with van der Waals surface area (Å²) in [5, 5.41) is 34.7. The van der Waals surface area contributed by atoms with Crippen LogP contribution in [0.5, 0.6) is 0 Å². The van der Waals surface area contributed by atoms with Gasteiger partial charge in [-0.05, 0) is 116 Å². The van der Waals surface area contributed by atoms with Crippen LogP contribution in [0.1, 0.15) is 105 Å². The molecule has 0 aromatic heterocycles. The van der Waals surface area contributed by atoms with Crippen LogP contribution in [0.15, 0.2) is 53.1 Å². The number of allylic oxidation sites excluding steroid dienone is 2. The second-order valence-electron chi connectivity index (χ2n) is 15.3. The maximum Gasteiger partial charge on any atom is 0.331 e. The molecule has 4 saturated carbocycles. The summed E-state index contributed by atoms with van der Waals surface area (Å²) in [5.41, 5.74) is 1.41. The van der Waals surface area contributed by atoms with Crippen LogP contribution in [0.4, 0.5) is 0 Å².